The summed E-state index contributed by atoms with van der Waals surface area (Å²) in [5, 5.41) is 8.98. The lowest BCUT2D eigenvalue weighted by Gasteiger charge is -2.37. The third kappa shape index (κ3) is 3.80. The van der Waals surface area contributed by atoms with Gasteiger partial charge in [-0.25, -0.2) is 0 Å². The Bertz CT molecular complexity index is 441. The number of halogens is 2. The molecule has 1 aromatic carbocycles. The number of amides is 1. The summed E-state index contributed by atoms with van der Waals surface area (Å²) in [6.45, 7) is 0.753. The molecular weight excluding hydrogens is 374 g/mol. The van der Waals surface area contributed by atoms with Crippen LogP contribution in [0.4, 0.5) is 0 Å². The van der Waals surface area contributed by atoms with Gasteiger partial charge in [0.05, 0.1) is 0 Å². The van der Waals surface area contributed by atoms with Crippen LogP contribution in [0, 0.1) is 0 Å². The van der Waals surface area contributed by atoms with Crippen molar-refractivity contribution < 1.29 is 9.90 Å². The van der Waals surface area contributed by atoms with Crippen molar-refractivity contribution in [2.45, 2.75) is 31.7 Å². The number of carbonyl (C=O) groups is 1. The van der Waals surface area contributed by atoms with Crippen molar-refractivity contribution in [3.05, 3.63) is 32.7 Å². The number of hydrogen-bond acceptors (Lipinski definition) is 2. The van der Waals surface area contributed by atoms with Gasteiger partial charge in [-0.15, -0.1) is 0 Å². The van der Waals surface area contributed by atoms with Gasteiger partial charge in [-0.1, -0.05) is 31.9 Å². The van der Waals surface area contributed by atoms with E-state index in [1.807, 2.05) is 23.1 Å². The third-order valence-corrected chi connectivity index (χ3v) is 4.36. The molecule has 0 heterocycles. The zero-order valence-electron chi connectivity index (χ0n) is 10.6. The van der Waals surface area contributed by atoms with Crippen LogP contribution < -0.4 is 0 Å². The quantitative estimate of drug-likeness (QED) is 0.834. The summed E-state index contributed by atoms with van der Waals surface area (Å²) in [6.07, 6.45) is 3.98. The Morgan fingerprint density at radius 3 is 2.37 bits per heavy atom. The average molecular weight is 391 g/mol. The van der Waals surface area contributed by atoms with E-state index in [1.54, 1.807) is 0 Å². The van der Waals surface area contributed by atoms with Crippen LogP contribution in [0.1, 0.15) is 36.0 Å². The second-order valence-electron chi connectivity index (χ2n) is 4.82. The van der Waals surface area contributed by atoms with Gasteiger partial charge in [-0.3, -0.25) is 4.79 Å². The summed E-state index contributed by atoms with van der Waals surface area (Å²) < 4.78 is 1.78. The minimum absolute atomic E-state index is 0.0557. The maximum absolute atomic E-state index is 12.6. The van der Waals surface area contributed by atoms with Crippen molar-refractivity contribution in [2.24, 2.45) is 0 Å². The predicted octanol–water partition coefficient (Wildman–Crippen LogP) is 3.59. The second kappa shape index (κ2) is 6.86. The standard InChI is InChI=1S/C14H17Br2NO2/c15-11-7-10(8-12(16)9-11)14(19)17(5-2-6-18)13-3-1-4-13/h7-9,13,18H,1-6H2. The van der Waals surface area contributed by atoms with Gasteiger partial charge in [0.2, 0.25) is 0 Å². The van der Waals surface area contributed by atoms with Crippen LogP contribution in [0.15, 0.2) is 27.1 Å². The van der Waals surface area contributed by atoms with E-state index < -0.39 is 0 Å². The molecule has 2 rings (SSSR count). The fraction of sp³-hybridized carbons (Fsp3) is 0.500. The number of benzene rings is 1. The van der Waals surface area contributed by atoms with E-state index in [2.05, 4.69) is 31.9 Å². The van der Waals surface area contributed by atoms with Crippen molar-refractivity contribution in [1.29, 1.82) is 0 Å². The highest BCUT2D eigenvalue weighted by molar-refractivity contribution is 9.11. The molecule has 104 valence electrons. The highest BCUT2D eigenvalue weighted by atomic mass is 79.9. The molecule has 0 aromatic heterocycles. The molecule has 1 fully saturated rings. The number of aliphatic hydroxyl groups is 1. The zero-order valence-corrected chi connectivity index (χ0v) is 13.8. The lowest BCUT2D eigenvalue weighted by Crippen LogP contribution is -2.45. The Kier molecular flexibility index (Phi) is 5.42. The van der Waals surface area contributed by atoms with E-state index in [9.17, 15) is 4.79 Å². The van der Waals surface area contributed by atoms with E-state index in [0.29, 0.717) is 24.6 Å². The Hall–Kier alpha value is -0.390. The smallest absolute Gasteiger partial charge is 0.254 e. The molecule has 1 amide bonds. The SMILES string of the molecule is O=C(c1cc(Br)cc(Br)c1)N(CCCO)C1CCC1. The van der Waals surface area contributed by atoms with Gasteiger partial charge in [0.1, 0.15) is 0 Å². The van der Waals surface area contributed by atoms with Crippen LogP contribution in [-0.4, -0.2) is 35.1 Å². The maximum atomic E-state index is 12.6. The normalized spacial score (nSPS) is 15.1. The van der Waals surface area contributed by atoms with E-state index in [1.165, 1.54) is 6.42 Å². The Morgan fingerprint density at radius 1 is 1.26 bits per heavy atom. The van der Waals surface area contributed by atoms with Gasteiger partial charge in [0.25, 0.3) is 5.91 Å². The molecule has 0 atom stereocenters. The third-order valence-electron chi connectivity index (χ3n) is 3.44. The number of aliphatic hydroxyl groups excluding tert-OH is 1. The molecule has 1 aliphatic rings. The number of carbonyl (C=O) groups excluding carboxylic acids is 1. The van der Waals surface area contributed by atoms with Gasteiger partial charge in [0, 0.05) is 33.7 Å². The number of rotatable bonds is 5. The fourth-order valence-electron chi connectivity index (χ4n) is 2.23. The zero-order chi connectivity index (χ0) is 13.8. The molecule has 0 aliphatic heterocycles. The van der Waals surface area contributed by atoms with Crippen LogP contribution >= 0.6 is 31.9 Å². The monoisotopic (exact) mass is 389 g/mol. The average Bonchev–Trinajstić information content (AvgIpc) is 2.29. The molecule has 0 saturated heterocycles. The summed E-state index contributed by atoms with van der Waals surface area (Å²) >= 11 is 6.82. The lowest BCUT2D eigenvalue weighted by atomic mass is 9.91. The van der Waals surface area contributed by atoms with Crippen LogP contribution in [-0.2, 0) is 0 Å². The van der Waals surface area contributed by atoms with Crippen LogP contribution in [0.5, 0.6) is 0 Å². The Morgan fingerprint density at radius 2 is 1.89 bits per heavy atom. The number of hydrogen-bond donors (Lipinski definition) is 1. The van der Waals surface area contributed by atoms with Gasteiger partial charge >= 0.3 is 0 Å². The molecule has 1 aromatic rings. The summed E-state index contributed by atoms with van der Waals surface area (Å²) in [4.78, 5) is 14.5. The molecular formula is C14H17Br2NO2. The topological polar surface area (TPSA) is 40.5 Å². The minimum atomic E-state index is 0.0557. The molecule has 1 saturated carbocycles. The fourth-order valence-corrected chi connectivity index (χ4v) is 3.53. The molecule has 0 bridgehead atoms. The largest absolute Gasteiger partial charge is 0.396 e. The molecule has 0 spiro atoms. The molecule has 0 radical (unpaired) electrons. The van der Waals surface area contributed by atoms with Gasteiger partial charge in [-0.2, -0.15) is 0 Å². The lowest BCUT2D eigenvalue weighted by molar-refractivity contribution is 0.0562. The molecule has 1 N–H and O–H groups in total. The first-order valence-corrected chi connectivity index (χ1v) is 8.08. The molecule has 3 nitrogen and oxygen atoms in total. The van der Waals surface area contributed by atoms with Crippen molar-refractivity contribution in [1.82, 2.24) is 4.90 Å². The Labute approximate surface area is 130 Å². The number of nitrogens with zero attached hydrogens (tertiary/aromatic N) is 1. The highest BCUT2D eigenvalue weighted by Crippen LogP contribution is 2.28. The molecule has 0 unspecified atom stereocenters. The van der Waals surface area contributed by atoms with Gasteiger partial charge in [-0.05, 0) is 43.9 Å². The van der Waals surface area contributed by atoms with E-state index in [4.69, 9.17) is 5.11 Å². The first kappa shape index (κ1) is 15.0. The van der Waals surface area contributed by atoms with E-state index in [0.717, 1.165) is 21.8 Å². The molecule has 5 heteroatoms. The van der Waals surface area contributed by atoms with Crippen LogP contribution in [0.3, 0.4) is 0 Å². The van der Waals surface area contributed by atoms with Crippen molar-refractivity contribution in [3.63, 3.8) is 0 Å². The minimum Gasteiger partial charge on any atom is -0.396 e. The summed E-state index contributed by atoms with van der Waals surface area (Å²) in [5.74, 6) is 0.0557. The van der Waals surface area contributed by atoms with Crippen molar-refractivity contribution >= 4 is 37.8 Å². The van der Waals surface area contributed by atoms with E-state index >= 15 is 0 Å². The predicted molar refractivity (Wildman–Crippen MR) is 82.2 cm³/mol. The van der Waals surface area contributed by atoms with Crippen molar-refractivity contribution in [3.8, 4) is 0 Å². The van der Waals surface area contributed by atoms with Gasteiger partial charge in [0.15, 0.2) is 0 Å². The van der Waals surface area contributed by atoms with Crippen LogP contribution in [0.25, 0.3) is 0 Å². The summed E-state index contributed by atoms with van der Waals surface area (Å²) in [7, 11) is 0. The first-order valence-electron chi connectivity index (χ1n) is 6.49. The first-order chi connectivity index (χ1) is 9.11. The summed E-state index contributed by atoms with van der Waals surface area (Å²) in [6, 6.07) is 5.95. The molecule has 19 heavy (non-hydrogen) atoms. The van der Waals surface area contributed by atoms with Crippen LogP contribution in [0.2, 0.25) is 0 Å². The van der Waals surface area contributed by atoms with Crippen molar-refractivity contribution in [2.75, 3.05) is 13.2 Å². The summed E-state index contributed by atoms with van der Waals surface area (Å²) in [5.41, 5.74) is 0.686. The second-order valence-corrected chi connectivity index (χ2v) is 6.65. The maximum Gasteiger partial charge on any atom is 0.254 e. The Balaban J connectivity index is 2.17. The molecule has 1 aliphatic carbocycles. The highest BCUT2D eigenvalue weighted by Gasteiger charge is 2.29. The van der Waals surface area contributed by atoms with E-state index in [-0.39, 0.29) is 12.5 Å². The van der Waals surface area contributed by atoms with Gasteiger partial charge < -0.3 is 10.0 Å².